The molecule has 1 aromatic carbocycles. The second kappa shape index (κ2) is 8.19. The van der Waals surface area contributed by atoms with E-state index in [2.05, 4.69) is 24.2 Å². The molecule has 2 rings (SSSR count). The zero-order valence-electron chi connectivity index (χ0n) is 13.2. The number of hydrogen-bond acceptors (Lipinski definition) is 2. The number of amides is 1. The van der Waals surface area contributed by atoms with Crippen LogP contribution in [0, 0.1) is 11.8 Å². The molecule has 3 nitrogen and oxygen atoms in total. The number of likely N-dealkylation sites (tertiary alicyclic amines) is 1. The fraction of sp³-hybridized carbons (Fsp3) is 0.588. The normalized spacial score (nSPS) is 18.2. The van der Waals surface area contributed by atoms with Crippen LogP contribution in [0.25, 0.3) is 0 Å². The molecule has 0 radical (unpaired) electrons. The maximum atomic E-state index is 12.3. The maximum absolute atomic E-state index is 12.3. The Labute approximate surface area is 143 Å². The molecule has 1 fully saturated rings. The number of nitrogens with zero attached hydrogens (tertiary/aromatic N) is 1. The van der Waals surface area contributed by atoms with Gasteiger partial charge in [-0.25, -0.2) is 0 Å². The van der Waals surface area contributed by atoms with E-state index in [1.165, 1.54) is 12.8 Å². The van der Waals surface area contributed by atoms with E-state index in [1.807, 2.05) is 0 Å². The van der Waals surface area contributed by atoms with Gasteiger partial charge in [-0.2, -0.15) is 0 Å². The maximum Gasteiger partial charge on any atom is 0.224 e. The van der Waals surface area contributed by atoms with E-state index in [1.54, 1.807) is 18.2 Å². The van der Waals surface area contributed by atoms with Crippen LogP contribution in [0.5, 0.6) is 0 Å². The summed E-state index contributed by atoms with van der Waals surface area (Å²) in [5, 5.41) is 3.89. The lowest BCUT2D eigenvalue weighted by atomic mass is 9.80. The Morgan fingerprint density at radius 3 is 2.59 bits per heavy atom. The third-order valence-electron chi connectivity index (χ3n) is 4.61. The van der Waals surface area contributed by atoms with Gasteiger partial charge in [0.15, 0.2) is 0 Å². The van der Waals surface area contributed by atoms with Crippen molar-refractivity contribution in [2.24, 2.45) is 11.8 Å². The van der Waals surface area contributed by atoms with Gasteiger partial charge in [0.2, 0.25) is 5.91 Å². The molecule has 1 aromatic rings. The standard InChI is InChI=1S/C17H24Cl2N2O/c1-3-12(13-6-8-21(2)9-7-13)10-17(22)20-14-4-5-15(18)16(19)11-14/h4-5,11-13H,3,6-10H2,1-2H3,(H,20,22). The highest BCUT2D eigenvalue weighted by molar-refractivity contribution is 6.42. The fourth-order valence-corrected chi connectivity index (χ4v) is 3.47. The SMILES string of the molecule is CCC(CC(=O)Nc1ccc(Cl)c(Cl)c1)C1CCN(C)CC1. The van der Waals surface area contributed by atoms with Crippen molar-refractivity contribution in [3.63, 3.8) is 0 Å². The monoisotopic (exact) mass is 342 g/mol. The van der Waals surface area contributed by atoms with Crippen LogP contribution < -0.4 is 5.32 Å². The number of rotatable bonds is 5. The van der Waals surface area contributed by atoms with Crippen molar-refractivity contribution in [2.45, 2.75) is 32.6 Å². The molecule has 0 bridgehead atoms. The molecular weight excluding hydrogens is 319 g/mol. The minimum atomic E-state index is 0.0594. The highest BCUT2D eigenvalue weighted by atomic mass is 35.5. The molecule has 1 aliphatic rings. The summed E-state index contributed by atoms with van der Waals surface area (Å²) in [4.78, 5) is 14.6. The first-order valence-corrected chi connectivity index (χ1v) is 8.68. The van der Waals surface area contributed by atoms with Crippen molar-refractivity contribution in [3.05, 3.63) is 28.2 Å². The third-order valence-corrected chi connectivity index (χ3v) is 5.34. The van der Waals surface area contributed by atoms with Gasteiger partial charge in [0.1, 0.15) is 0 Å². The Balaban J connectivity index is 1.90. The molecule has 0 aliphatic carbocycles. The van der Waals surface area contributed by atoms with Crippen molar-refractivity contribution in [2.75, 3.05) is 25.5 Å². The van der Waals surface area contributed by atoms with Crippen molar-refractivity contribution in [1.29, 1.82) is 0 Å². The summed E-state index contributed by atoms with van der Waals surface area (Å²) in [7, 11) is 2.16. The number of nitrogens with one attached hydrogen (secondary N) is 1. The molecule has 0 aromatic heterocycles. The minimum absolute atomic E-state index is 0.0594. The van der Waals surface area contributed by atoms with Crippen LogP contribution in [0.2, 0.25) is 10.0 Å². The van der Waals surface area contributed by atoms with E-state index in [0.29, 0.717) is 34.0 Å². The van der Waals surface area contributed by atoms with Gasteiger partial charge in [0.05, 0.1) is 10.0 Å². The number of piperidine rings is 1. The molecule has 1 N–H and O–H groups in total. The van der Waals surface area contributed by atoms with Crippen LogP contribution in [0.15, 0.2) is 18.2 Å². The summed E-state index contributed by atoms with van der Waals surface area (Å²) >= 11 is 11.9. The van der Waals surface area contributed by atoms with Crippen molar-refractivity contribution in [1.82, 2.24) is 4.90 Å². The molecule has 1 saturated heterocycles. The topological polar surface area (TPSA) is 32.3 Å². The summed E-state index contributed by atoms with van der Waals surface area (Å²) in [5.41, 5.74) is 0.706. The van der Waals surface area contributed by atoms with Gasteiger partial charge in [-0.05, 0) is 63.0 Å². The molecule has 1 aliphatic heterocycles. The molecule has 22 heavy (non-hydrogen) atoms. The number of carbonyl (C=O) groups excluding carboxylic acids is 1. The van der Waals surface area contributed by atoms with Crippen LogP contribution in [0.4, 0.5) is 5.69 Å². The van der Waals surface area contributed by atoms with E-state index in [9.17, 15) is 4.79 Å². The molecule has 0 saturated carbocycles. The van der Waals surface area contributed by atoms with Gasteiger partial charge in [-0.3, -0.25) is 4.79 Å². The lowest BCUT2D eigenvalue weighted by Crippen LogP contribution is -2.34. The number of halogens is 2. The molecule has 1 atom stereocenters. The molecule has 0 spiro atoms. The largest absolute Gasteiger partial charge is 0.326 e. The van der Waals surface area contributed by atoms with E-state index in [4.69, 9.17) is 23.2 Å². The van der Waals surface area contributed by atoms with Gasteiger partial charge in [0, 0.05) is 12.1 Å². The van der Waals surface area contributed by atoms with Gasteiger partial charge >= 0.3 is 0 Å². The smallest absolute Gasteiger partial charge is 0.224 e. The lowest BCUT2D eigenvalue weighted by molar-refractivity contribution is -0.117. The quantitative estimate of drug-likeness (QED) is 0.841. The van der Waals surface area contributed by atoms with E-state index in [0.717, 1.165) is 19.5 Å². The van der Waals surface area contributed by atoms with Crippen molar-refractivity contribution < 1.29 is 4.79 Å². The van der Waals surface area contributed by atoms with E-state index in [-0.39, 0.29) is 5.91 Å². The van der Waals surface area contributed by atoms with Crippen LogP contribution in [-0.2, 0) is 4.79 Å². The van der Waals surface area contributed by atoms with E-state index < -0.39 is 0 Å². The average Bonchev–Trinajstić information content (AvgIpc) is 2.49. The molecular formula is C17H24Cl2N2O. The van der Waals surface area contributed by atoms with Gasteiger partial charge in [-0.1, -0.05) is 36.5 Å². The summed E-state index contributed by atoms with van der Waals surface area (Å²) in [6.45, 7) is 4.45. The summed E-state index contributed by atoms with van der Waals surface area (Å²) in [6.07, 6.45) is 4.00. The highest BCUT2D eigenvalue weighted by Crippen LogP contribution is 2.30. The highest BCUT2D eigenvalue weighted by Gasteiger charge is 2.26. The van der Waals surface area contributed by atoms with Gasteiger partial charge in [0.25, 0.3) is 0 Å². The average molecular weight is 343 g/mol. The van der Waals surface area contributed by atoms with Crippen LogP contribution >= 0.6 is 23.2 Å². The molecule has 1 amide bonds. The first kappa shape index (κ1) is 17.6. The second-order valence-corrected chi connectivity index (χ2v) is 7.00. The van der Waals surface area contributed by atoms with Crippen molar-refractivity contribution in [3.8, 4) is 0 Å². The molecule has 1 unspecified atom stereocenters. The Morgan fingerprint density at radius 1 is 1.32 bits per heavy atom. The third kappa shape index (κ3) is 4.87. The first-order valence-electron chi connectivity index (χ1n) is 7.93. The Bertz CT molecular complexity index is 513. The lowest BCUT2D eigenvalue weighted by Gasteiger charge is -2.33. The van der Waals surface area contributed by atoms with Crippen LogP contribution in [-0.4, -0.2) is 30.9 Å². The predicted molar refractivity (Wildman–Crippen MR) is 93.7 cm³/mol. The molecule has 5 heteroatoms. The predicted octanol–water partition coefficient (Wildman–Crippen LogP) is 4.69. The van der Waals surface area contributed by atoms with E-state index >= 15 is 0 Å². The number of hydrogen-bond donors (Lipinski definition) is 1. The zero-order valence-corrected chi connectivity index (χ0v) is 14.8. The van der Waals surface area contributed by atoms with Gasteiger partial charge < -0.3 is 10.2 Å². The van der Waals surface area contributed by atoms with Crippen molar-refractivity contribution >= 4 is 34.8 Å². The summed E-state index contributed by atoms with van der Waals surface area (Å²) < 4.78 is 0. The number of carbonyl (C=O) groups is 1. The zero-order chi connectivity index (χ0) is 16.1. The molecule has 1 heterocycles. The fourth-order valence-electron chi connectivity index (χ4n) is 3.17. The van der Waals surface area contributed by atoms with Crippen LogP contribution in [0.3, 0.4) is 0 Å². The Kier molecular flexibility index (Phi) is 6.54. The Hall–Kier alpha value is -0.770. The Morgan fingerprint density at radius 2 is 2.00 bits per heavy atom. The second-order valence-electron chi connectivity index (χ2n) is 6.19. The molecule has 122 valence electrons. The minimum Gasteiger partial charge on any atom is -0.326 e. The first-order chi connectivity index (χ1) is 10.5. The van der Waals surface area contributed by atoms with Gasteiger partial charge in [-0.15, -0.1) is 0 Å². The van der Waals surface area contributed by atoms with Crippen LogP contribution in [0.1, 0.15) is 32.6 Å². The summed E-state index contributed by atoms with van der Waals surface area (Å²) in [6, 6.07) is 5.18. The summed E-state index contributed by atoms with van der Waals surface area (Å²) in [5.74, 6) is 1.17. The number of anilines is 1. The number of benzene rings is 1.